The van der Waals surface area contributed by atoms with Crippen LogP contribution in [0.15, 0.2) is 77.6 Å². The van der Waals surface area contributed by atoms with Crippen molar-refractivity contribution >= 4 is 21.9 Å². The molecule has 0 spiro atoms. The minimum Gasteiger partial charge on any atom is -0.455 e. The van der Waals surface area contributed by atoms with Gasteiger partial charge in [-0.25, -0.2) is 4.57 Å². The highest BCUT2D eigenvalue weighted by Crippen LogP contribution is 2.42. The predicted octanol–water partition coefficient (Wildman–Crippen LogP) is 6.05. The highest BCUT2D eigenvalue weighted by molar-refractivity contribution is 6.10. The lowest BCUT2D eigenvalue weighted by Crippen LogP contribution is -2.30. The summed E-state index contributed by atoms with van der Waals surface area (Å²) in [6.45, 7) is 2.13. The minimum atomic E-state index is -0.714. The molecule has 0 aliphatic heterocycles. The number of furan rings is 1. The molecule has 1 unspecified atom stereocenters. The van der Waals surface area contributed by atoms with E-state index in [9.17, 15) is 1.37 Å². The van der Waals surface area contributed by atoms with Crippen molar-refractivity contribution in [2.45, 2.75) is 32.1 Å². The number of hydrogen-bond acceptors (Lipinski definition) is 2. The monoisotopic (exact) mass is 406 g/mol. The van der Waals surface area contributed by atoms with Crippen molar-refractivity contribution in [3.63, 3.8) is 0 Å². The van der Waals surface area contributed by atoms with E-state index in [1.165, 1.54) is 16.7 Å². The third kappa shape index (κ3) is 2.88. The van der Waals surface area contributed by atoms with Gasteiger partial charge in [-0.05, 0) is 66.5 Å². The zero-order valence-corrected chi connectivity index (χ0v) is 17.9. The number of fused-ring (bicyclic) bond motifs is 4. The van der Waals surface area contributed by atoms with Crippen LogP contribution in [0.25, 0.3) is 33.2 Å². The quantitative estimate of drug-likeness (QED) is 0.334. The first-order valence-electron chi connectivity index (χ1n) is 11.4. The zero-order valence-electron chi connectivity index (χ0n) is 18.9. The van der Waals surface area contributed by atoms with Gasteiger partial charge in [0.15, 0.2) is 6.20 Å². The van der Waals surface area contributed by atoms with Gasteiger partial charge in [-0.3, -0.25) is 4.98 Å². The van der Waals surface area contributed by atoms with E-state index >= 15 is 0 Å². The molecule has 1 aliphatic carbocycles. The van der Waals surface area contributed by atoms with E-state index in [2.05, 4.69) is 78.3 Å². The van der Waals surface area contributed by atoms with Gasteiger partial charge in [0.2, 0.25) is 5.69 Å². The molecule has 5 aromatic rings. The van der Waals surface area contributed by atoms with Crippen LogP contribution in [0.2, 0.25) is 0 Å². The van der Waals surface area contributed by atoms with Crippen LogP contribution in [0.1, 0.15) is 35.9 Å². The van der Waals surface area contributed by atoms with E-state index in [0.717, 1.165) is 51.6 Å². The summed E-state index contributed by atoms with van der Waals surface area (Å²) in [6.07, 6.45) is 8.16. The molecule has 0 radical (unpaired) electrons. The largest absolute Gasteiger partial charge is 0.455 e. The molecule has 0 bridgehead atoms. The molecule has 0 N–H and O–H groups in total. The van der Waals surface area contributed by atoms with Crippen molar-refractivity contribution in [1.82, 2.24) is 4.98 Å². The molecule has 3 nitrogen and oxygen atoms in total. The van der Waals surface area contributed by atoms with Crippen molar-refractivity contribution in [1.29, 1.82) is 0 Å². The molecule has 0 amide bonds. The van der Waals surface area contributed by atoms with Gasteiger partial charge in [0, 0.05) is 36.7 Å². The Morgan fingerprint density at radius 2 is 1.90 bits per heavy atom. The lowest BCUT2D eigenvalue weighted by molar-refractivity contribution is -0.660. The number of rotatable bonds is 2. The lowest BCUT2D eigenvalue weighted by atomic mass is 9.80. The van der Waals surface area contributed by atoms with Crippen LogP contribution in [0, 0.1) is 6.92 Å². The number of pyridine rings is 2. The van der Waals surface area contributed by atoms with Crippen molar-refractivity contribution in [2.75, 3.05) is 0 Å². The Bertz CT molecular complexity index is 1500. The standard InChI is InChI=1S/C28H25N2O/c1-18-9-12-24-23-7-5-6-22(20-10-11-21-17-29-14-13-19(21)16-20)27(23)31-28(24)26(18)25-8-3-4-15-30(25)2/h3-9,12-15,17,20H,10-11,16H2,1-2H3/q+1/i20D. The summed E-state index contributed by atoms with van der Waals surface area (Å²) in [5.74, 6) is -0.714. The molecular formula is C28H25N2O+. The summed E-state index contributed by atoms with van der Waals surface area (Å²) < 4.78 is 18.3. The molecule has 6 rings (SSSR count). The Morgan fingerprint density at radius 1 is 1.00 bits per heavy atom. The highest BCUT2D eigenvalue weighted by atomic mass is 16.3. The molecule has 0 saturated heterocycles. The Balaban J connectivity index is 1.60. The van der Waals surface area contributed by atoms with E-state index in [1.54, 1.807) is 0 Å². The lowest BCUT2D eigenvalue weighted by Gasteiger charge is -2.24. The van der Waals surface area contributed by atoms with Gasteiger partial charge in [0.1, 0.15) is 18.2 Å². The van der Waals surface area contributed by atoms with Crippen LogP contribution >= 0.6 is 0 Å². The van der Waals surface area contributed by atoms with Crippen molar-refractivity contribution in [2.24, 2.45) is 7.05 Å². The number of aryl methyl sites for hydroxylation is 3. The van der Waals surface area contributed by atoms with Crippen molar-refractivity contribution < 1.29 is 10.4 Å². The van der Waals surface area contributed by atoms with Gasteiger partial charge in [-0.15, -0.1) is 0 Å². The highest BCUT2D eigenvalue weighted by Gasteiger charge is 2.25. The zero-order chi connectivity index (χ0) is 21.9. The Hall–Kier alpha value is -3.46. The molecule has 2 aromatic carbocycles. The average Bonchev–Trinajstić information content (AvgIpc) is 3.18. The molecule has 152 valence electrons. The summed E-state index contributed by atoms with van der Waals surface area (Å²) in [6, 6.07) is 18.9. The fourth-order valence-electron chi connectivity index (χ4n) is 5.03. The fourth-order valence-corrected chi connectivity index (χ4v) is 5.03. The molecule has 0 saturated carbocycles. The number of aromatic nitrogens is 2. The van der Waals surface area contributed by atoms with E-state index in [0.29, 0.717) is 6.42 Å². The summed E-state index contributed by atoms with van der Waals surface area (Å²) in [7, 11) is 2.06. The molecular weight excluding hydrogens is 380 g/mol. The maximum atomic E-state index is 9.46. The number of para-hydroxylation sites is 1. The normalized spacial score (nSPS) is 18.8. The Morgan fingerprint density at radius 3 is 2.81 bits per heavy atom. The maximum Gasteiger partial charge on any atom is 0.216 e. The summed E-state index contributed by atoms with van der Waals surface area (Å²) >= 11 is 0. The van der Waals surface area contributed by atoms with Gasteiger partial charge < -0.3 is 4.42 Å². The second-order valence-electron chi connectivity index (χ2n) is 8.54. The number of nitrogens with zero attached hydrogens (tertiary/aromatic N) is 2. The number of benzene rings is 2. The second-order valence-corrected chi connectivity index (χ2v) is 8.54. The van der Waals surface area contributed by atoms with E-state index < -0.39 is 5.89 Å². The molecule has 1 aliphatic rings. The molecule has 3 heteroatoms. The van der Waals surface area contributed by atoms with Crippen LogP contribution in [0.3, 0.4) is 0 Å². The smallest absolute Gasteiger partial charge is 0.216 e. The van der Waals surface area contributed by atoms with Crippen LogP contribution in [-0.4, -0.2) is 4.98 Å². The van der Waals surface area contributed by atoms with Gasteiger partial charge in [-0.1, -0.05) is 30.3 Å². The van der Waals surface area contributed by atoms with Crippen molar-refractivity contribution in [3.05, 3.63) is 95.4 Å². The molecule has 0 fully saturated rings. The van der Waals surface area contributed by atoms with Crippen LogP contribution in [0.5, 0.6) is 0 Å². The molecule has 3 aromatic heterocycles. The Labute approximate surface area is 183 Å². The SMILES string of the molecule is [2H]C1(c2cccc3c2oc2c(-c4cccc[n+]4C)c(C)ccc23)CCc2cnccc2C1. The first kappa shape index (κ1) is 17.2. The van der Waals surface area contributed by atoms with Gasteiger partial charge >= 0.3 is 0 Å². The topological polar surface area (TPSA) is 29.9 Å². The summed E-state index contributed by atoms with van der Waals surface area (Å²) in [5, 5.41) is 2.19. The third-order valence-corrected chi connectivity index (χ3v) is 6.67. The Kier molecular flexibility index (Phi) is 3.92. The second kappa shape index (κ2) is 7.05. The summed E-state index contributed by atoms with van der Waals surface area (Å²) in [4.78, 5) is 4.27. The minimum absolute atomic E-state index is 0.681. The van der Waals surface area contributed by atoms with Crippen LogP contribution in [0.4, 0.5) is 0 Å². The first-order chi connectivity index (χ1) is 15.5. The third-order valence-electron chi connectivity index (χ3n) is 6.67. The average molecular weight is 407 g/mol. The fraction of sp³-hybridized carbons (Fsp3) is 0.214. The molecule has 3 heterocycles. The van der Waals surface area contributed by atoms with Crippen LogP contribution < -0.4 is 4.57 Å². The van der Waals surface area contributed by atoms with Crippen LogP contribution in [-0.2, 0) is 19.9 Å². The summed E-state index contributed by atoms with van der Waals surface area (Å²) in [5.41, 5.74) is 8.64. The molecule has 1 atom stereocenters. The number of hydrogen-bond donors (Lipinski definition) is 0. The van der Waals surface area contributed by atoms with Gasteiger partial charge in [0.25, 0.3) is 0 Å². The maximum absolute atomic E-state index is 9.46. The van der Waals surface area contributed by atoms with Crippen molar-refractivity contribution in [3.8, 4) is 11.3 Å². The van der Waals surface area contributed by atoms with Gasteiger partial charge in [-0.2, -0.15) is 0 Å². The predicted molar refractivity (Wildman–Crippen MR) is 124 cm³/mol. The van der Waals surface area contributed by atoms with E-state index in [-0.39, 0.29) is 0 Å². The van der Waals surface area contributed by atoms with Gasteiger partial charge in [0.05, 0.1) is 5.56 Å². The first-order valence-corrected chi connectivity index (χ1v) is 10.9. The molecule has 31 heavy (non-hydrogen) atoms. The van der Waals surface area contributed by atoms with E-state index in [4.69, 9.17) is 4.42 Å². The van der Waals surface area contributed by atoms with E-state index in [1.807, 2.05) is 18.5 Å².